The zero-order valence-corrected chi connectivity index (χ0v) is 16.8. The van der Waals surface area contributed by atoms with Crippen molar-refractivity contribution in [3.63, 3.8) is 0 Å². The molecule has 2 unspecified atom stereocenters. The molecule has 5 aliphatic rings. The Kier molecular flexibility index (Phi) is 5.25. The average molecular weight is 426 g/mol. The van der Waals surface area contributed by atoms with E-state index in [1.54, 1.807) is 6.92 Å². The van der Waals surface area contributed by atoms with Crippen LogP contribution in [0.5, 0.6) is 0 Å². The maximum absolute atomic E-state index is 14.4. The van der Waals surface area contributed by atoms with E-state index in [1.165, 1.54) is 6.92 Å². The lowest BCUT2D eigenvalue weighted by molar-refractivity contribution is -0.599. The molecule has 1 saturated carbocycles. The normalized spacial score (nSPS) is 50.7. The summed E-state index contributed by atoms with van der Waals surface area (Å²) in [7, 11) is 0. The molecule has 7 nitrogen and oxygen atoms in total. The minimum absolute atomic E-state index is 0.0766. The van der Waals surface area contributed by atoms with Crippen LogP contribution in [-0.4, -0.2) is 59.2 Å². The van der Waals surface area contributed by atoms with Gasteiger partial charge in [-0.1, -0.05) is 13.8 Å². The van der Waals surface area contributed by atoms with E-state index >= 15 is 0 Å². The van der Waals surface area contributed by atoms with Crippen molar-refractivity contribution in [2.45, 2.75) is 82.2 Å². The van der Waals surface area contributed by atoms with Crippen molar-refractivity contribution in [3.05, 3.63) is 0 Å². The van der Waals surface area contributed by atoms with Crippen LogP contribution in [0.4, 0.5) is 13.2 Å². The van der Waals surface area contributed by atoms with Crippen LogP contribution in [0.15, 0.2) is 0 Å². The van der Waals surface area contributed by atoms with Crippen LogP contribution in [-0.2, 0) is 24.0 Å². The molecule has 5 rings (SSSR count). The number of aliphatic hydroxyl groups is 2. The molecule has 0 amide bonds. The van der Waals surface area contributed by atoms with E-state index in [2.05, 4.69) is 6.92 Å². The van der Waals surface area contributed by atoms with Crippen molar-refractivity contribution >= 4 is 0 Å². The van der Waals surface area contributed by atoms with E-state index in [1.807, 2.05) is 0 Å². The average Bonchev–Trinajstić information content (AvgIpc) is 2.88. The molecule has 10 heteroatoms. The highest BCUT2D eigenvalue weighted by atomic mass is 19.4. The fraction of sp³-hybridized carbons (Fsp3) is 1.00. The summed E-state index contributed by atoms with van der Waals surface area (Å²) < 4.78 is 59.9. The molecule has 0 aromatic rings. The van der Waals surface area contributed by atoms with Crippen molar-refractivity contribution in [2.24, 2.45) is 23.7 Å². The molecule has 4 heterocycles. The number of alkyl halides is 3. The zero-order chi connectivity index (χ0) is 21.2. The first-order valence-corrected chi connectivity index (χ1v) is 10.2. The summed E-state index contributed by atoms with van der Waals surface area (Å²) in [5, 5.41) is 18.6. The first-order chi connectivity index (χ1) is 13.5. The second-order valence-corrected chi connectivity index (χ2v) is 9.13. The number of hydrogen-bond acceptors (Lipinski definition) is 7. The monoisotopic (exact) mass is 426 g/mol. The lowest BCUT2D eigenvalue weighted by Gasteiger charge is -2.62. The predicted molar refractivity (Wildman–Crippen MR) is 90.9 cm³/mol. The Morgan fingerprint density at radius 3 is 2.48 bits per heavy atom. The van der Waals surface area contributed by atoms with Gasteiger partial charge < -0.3 is 24.4 Å². The third-order valence-corrected chi connectivity index (χ3v) is 7.36. The maximum atomic E-state index is 14.4. The Labute approximate surface area is 167 Å². The van der Waals surface area contributed by atoms with E-state index in [9.17, 15) is 18.3 Å². The number of halogens is 3. The molecule has 0 aromatic heterocycles. The predicted octanol–water partition coefficient (Wildman–Crippen LogP) is 2.50. The van der Waals surface area contributed by atoms with Crippen molar-refractivity contribution < 1.29 is 47.4 Å². The van der Waals surface area contributed by atoms with E-state index in [4.69, 9.17) is 29.1 Å². The number of aliphatic hydroxyl groups excluding tert-OH is 2. The highest BCUT2D eigenvalue weighted by molar-refractivity contribution is 5.12. The molecule has 4 aliphatic heterocycles. The summed E-state index contributed by atoms with van der Waals surface area (Å²) in [6.45, 7) is 3.69. The third-order valence-electron chi connectivity index (χ3n) is 7.36. The van der Waals surface area contributed by atoms with Gasteiger partial charge in [0.1, 0.15) is 6.10 Å². The number of ether oxygens (including phenoxy) is 3. The van der Waals surface area contributed by atoms with Gasteiger partial charge in [-0.05, 0) is 38.0 Å². The van der Waals surface area contributed by atoms with Crippen LogP contribution in [0.3, 0.4) is 0 Å². The smallest absolute Gasteiger partial charge is 0.394 e. The van der Waals surface area contributed by atoms with E-state index in [0.29, 0.717) is 19.3 Å². The Morgan fingerprint density at radius 2 is 1.83 bits per heavy atom. The van der Waals surface area contributed by atoms with Gasteiger partial charge in [0.2, 0.25) is 5.79 Å². The maximum Gasteiger partial charge on any atom is 0.443 e. The van der Waals surface area contributed by atoms with Crippen molar-refractivity contribution in [1.29, 1.82) is 0 Å². The molecule has 2 N–H and O–H groups in total. The van der Waals surface area contributed by atoms with Crippen LogP contribution in [0.1, 0.15) is 46.5 Å². The van der Waals surface area contributed by atoms with Crippen LogP contribution in [0.25, 0.3) is 0 Å². The molecule has 1 spiro atoms. The molecule has 0 radical (unpaired) electrons. The van der Waals surface area contributed by atoms with Crippen LogP contribution >= 0.6 is 0 Å². The van der Waals surface area contributed by atoms with Crippen LogP contribution in [0, 0.1) is 23.7 Å². The number of hydrogen-bond donors (Lipinski definition) is 2. The largest absolute Gasteiger partial charge is 0.443 e. The second-order valence-electron chi connectivity index (χ2n) is 9.13. The molecule has 9 atom stereocenters. The van der Waals surface area contributed by atoms with Gasteiger partial charge in [0.25, 0.3) is 5.79 Å². The van der Waals surface area contributed by atoms with Gasteiger partial charge in [-0.3, -0.25) is 0 Å². The van der Waals surface area contributed by atoms with Gasteiger partial charge in [-0.25, -0.2) is 9.78 Å². The molecule has 0 aromatic carbocycles. The molecule has 1 aliphatic carbocycles. The first kappa shape index (κ1) is 21.7. The minimum Gasteiger partial charge on any atom is -0.394 e. The van der Waals surface area contributed by atoms with Crippen LogP contribution in [0.2, 0.25) is 0 Å². The zero-order valence-electron chi connectivity index (χ0n) is 16.8. The third kappa shape index (κ3) is 3.06. The lowest BCUT2D eigenvalue weighted by Crippen LogP contribution is -2.76. The molecule has 29 heavy (non-hydrogen) atoms. The molecule has 4 saturated heterocycles. The topological polar surface area (TPSA) is 86.6 Å². The van der Waals surface area contributed by atoms with Gasteiger partial charge in [0.05, 0.1) is 13.2 Å². The van der Waals surface area contributed by atoms with Crippen molar-refractivity contribution in [2.75, 3.05) is 13.2 Å². The van der Waals surface area contributed by atoms with Crippen LogP contribution < -0.4 is 0 Å². The molecule has 2 bridgehead atoms. The number of fused-ring (bicyclic) bond motifs is 2. The summed E-state index contributed by atoms with van der Waals surface area (Å²) in [4.78, 5) is 11.4. The quantitative estimate of drug-likeness (QED) is 0.668. The summed E-state index contributed by atoms with van der Waals surface area (Å²) in [6.07, 6.45) is -5.27. The van der Waals surface area contributed by atoms with Gasteiger partial charge in [0.15, 0.2) is 11.9 Å². The highest BCUT2D eigenvalue weighted by Crippen LogP contribution is 2.64. The van der Waals surface area contributed by atoms with E-state index in [-0.39, 0.29) is 11.8 Å². The summed E-state index contributed by atoms with van der Waals surface area (Å²) >= 11 is 0. The highest BCUT2D eigenvalue weighted by Gasteiger charge is 2.77. The minimum atomic E-state index is -4.89. The van der Waals surface area contributed by atoms with Gasteiger partial charge in [0, 0.05) is 18.3 Å². The summed E-state index contributed by atoms with van der Waals surface area (Å²) in [5.41, 5.74) is -1.15. The summed E-state index contributed by atoms with van der Waals surface area (Å²) in [6, 6.07) is 0. The Hall–Kier alpha value is -0.490. The Bertz CT molecular complexity index is 633. The number of rotatable bonds is 4. The molecule has 168 valence electrons. The van der Waals surface area contributed by atoms with Gasteiger partial charge in [-0.2, -0.15) is 13.2 Å². The lowest BCUT2D eigenvalue weighted by atomic mass is 9.57. The van der Waals surface area contributed by atoms with Crippen molar-refractivity contribution in [1.82, 2.24) is 0 Å². The fourth-order valence-electron chi connectivity index (χ4n) is 5.76. The molecular weight excluding hydrogens is 397 g/mol. The second kappa shape index (κ2) is 7.01. The van der Waals surface area contributed by atoms with E-state index < -0.39 is 60.8 Å². The first-order valence-electron chi connectivity index (χ1n) is 10.2. The van der Waals surface area contributed by atoms with E-state index in [0.717, 1.165) is 6.42 Å². The SMILES string of the molecule is C[C@@H]1CC[C@H]2[C@@H](C)[C@](OCC(O)CO)(C(F)(F)F)O[C@@H]3O[C@]4(C)CC[C@@H]1C32OO4. The van der Waals surface area contributed by atoms with Gasteiger partial charge >= 0.3 is 6.18 Å². The fourth-order valence-corrected chi connectivity index (χ4v) is 5.76. The summed E-state index contributed by atoms with van der Waals surface area (Å²) in [5.74, 6) is -5.79. The molecular formula is C19H29F3O7. The van der Waals surface area contributed by atoms with Gasteiger partial charge in [-0.15, -0.1) is 0 Å². The Morgan fingerprint density at radius 1 is 1.10 bits per heavy atom. The standard InChI is InChI=1S/C19H29F3O7/c1-10-4-5-14-11(2)18(19(20,21)22,25-9-12(24)8-23)27-15-17(14)13(10)6-7-16(3,26-15)28-29-17/h10-15,23-24H,4-9H2,1-3H3/t10-,11-,12?,13+,14+,15+,16+,17?,18-/m1/s1. The Balaban J connectivity index is 1.78. The van der Waals surface area contributed by atoms with Crippen molar-refractivity contribution in [3.8, 4) is 0 Å². The molecule has 5 fully saturated rings.